The van der Waals surface area contributed by atoms with Crippen LogP contribution >= 0.6 is 0 Å². The average molecular weight is 371 g/mol. The molecule has 1 aromatic heterocycles. The zero-order valence-corrected chi connectivity index (χ0v) is 16.4. The minimum Gasteiger partial charge on any atom is -0.387 e. The smallest absolute Gasteiger partial charge is 0.223 e. The largest absolute Gasteiger partial charge is 0.387 e. The Bertz CT molecular complexity index is 890. The van der Waals surface area contributed by atoms with Gasteiger partial charge in [0.05, 0.1) is 12.1 Å². The van der Waals surface area contributed by atoms with Crippen LogP contribution in [0.25, 0.3) is 10.9 Å². The number of para-hydroxylation sites is 1. The van der Waals surface area contributed by atoms with Gasteiger partial charge in [-0.25, -0.2) is 0 Å². The molecule has 0 aliphatic carbocycles. The van der Waals surface area contributed by atoms with Crippen molar-refractivity contribution in [3.8, 4) is 0 Å². The van der Waals surface area contributed by atoms with Gasteiger partial charge in [-0.05, 0) is 52.4 Å². The maximum atomic E-state index is 12.8. The van der Waals surface area contributed by atoms with Gasteiger partial charge in [0.2, 0.25) is 5.91 Å². The summed E-state index contributed by atoms with van der Waals surface area (Å²) in [4.78, 5) is 32.5. The van der Waals surface area contributed by atoms with Crippen molar-refractivity contribution in [2.75, 3.05) is 33.7 Å². The lowest BCUT2D eigenvalue weighted by Gasteiger charge is -2.40. The van der Waals surface area contributed by atoms with Crippen LogP contribution in [-0.4, -0.2) is 65.1 Å². The topological polar surface area (TPSA) is 76.6 Å². The van der Waals surface area contributed by atoms with Gasteiger partial charge in [-0.1, -0.05) is 12.1 Å². The lowest BCUT2D eigenvalue weighted by Crippen LogP contribution is -2.54. The van der Waals surface area contributed by atoms with Gasteiger partial charge >= 0.3 is 0 Å². The Hall–Kier alpha value is -2.18. The molecule has 1 aliphatic rings. The zero-order valence-electron chi connectivity index (χ0n) is 16.4. The first kappa shape index (κ1) is 19.6. The van der Waals surface area contributed by atoms with Crippen molar-refractivity contribution in [1.82, 2.24) is 14.8 Å². The van der Waals surface area contributed by atoms with E-state index in [0.29, 0.717) is 43.4 Å². The number of nitrogens with one attached hydrogen (secondary N) is 1. The summed E-state index contributed by atoms with van der Waals surface area (Å²) in [7, 11) is 3.85. The maximum absolute atomic E-state index is 12.8. The summed E-state index contributed by atoms with van der Waals surface area (Å²) < 4.78 is 0. The minimum atomic E-state index is -0.853. The number of piperidine rings is 1. The molecule has 1 aromatic carbocycles. The second-order valence-corrected chi connectivity index (χ2v) is 7.98. The average Bonchev–Trinajstić information content (AvgIpc) is 2.60. The number of aromatic amines is 1. The third-order valence-electron chi connectivity index (χ3n) is 5.33. The van der Waals surface area contributed by atoms with Crippen LogP contribution in [0.4, 0.5) is 0 Å². The second-order valence-electron chi connectivity index (χ2n) is 7.98. The van der Waals surface area contributed by atoms with Gasteiger partial charge in [-0.2, -0.15) is 0 Å². The molecule has 6 nitrogen and oxygen atoms in total. The maximum Gasteiger partial charge on any atom is 0.223 e. The van der Waals surface area contributed by atoms with E-state index >= 15 is 0 Å². The molecule has 0 bridgehead atoms. The van der Waals surface area contributed by atoms with E-state index in [1.165, 1.54) is 0 Å². The molecule has 6 heteroatoms. The van der Waals surface area contributed by atoms with Gasteiger partial charge < -0.3 is 19.9 Å². The van der Waals surface area contributed by atoms with Crippen LogP contribution in [-0.2, 0) is 11.2 Å². The summed E-state index contributed by atoms with van der Waals surface area (Å²) in [6, 6.07) is 7.44. The molecule has 0 spiro atoms. The summed E-state index contributed by atoms with van der Waals surface area (Å²) >= 11 is 0. The number of H-pyrrole nitrogens is 1. The standard InChI is InChI=1S/C21H29N3O3/c1-15-16(20(26)17-7-4-5-8-18(17)22-15)9-10-19(25)24-12-6-11-21(27,14-24)13-23(2)3/h4-5,7-8,27H,6,9-14H2,1-3H3,(H,22,26). The second kappa shape index (κ2) is 7.82. The number of pyridine rings is 1. The molecule has 27 heavy (non-hydrogen) atoms. The van der Waals surface area contributed by atoms with Crippen molar-refractivity contribution in [2.45, 2.75) is 38.2 Å². The molecule has 1 atom stereocenters. The zero-order chi connectivity index (χ0) is 19.6. The lowest BCUT2D eigenvalue weighted by molar-refractivity contribution is -0.139. The van der Waals surface area contributed by atoms with Crippen molar-refractivity contribution in [2.24, 2.45) is 0 Å². The lowest BCUT2D eigenvalue weighted by atomic mass is 9.92. The highest BCUT2D eigenvalue weighted by Gasteiger charge is 2.35. The number of nitrogens with zero attached hydrogens (tertiary/aromatic N) is 2. The molecule has 1 saturated heterocycles. The summed E-state index contributed by atoms with van der Waals surface area (Å²) in [5, 5.41) is 11.4. The van der Waals surface area contributed by atoms with Crippen LogP contribution in [0.5, 0.6) is 0 Å². The molecule has 2 aromatic rings. The first-order valence-corrected chi connectivity index (χ1v) is 9.54. The fourth-order valence-corrected chi connectivity index (χ4v) is 4.13. The number of hydrogen-bond donors (Lipinski definition) is 2. The van der Waals surface area contributed by atoms with Crippen molar-refractivity contribution in [3.05, 3.63) is 45.7 Å². The number of β-amino-alcohol motifs (C(OH)–C–C–N with tert-alkyl or cyclic N) is 1. The number of aryl methyl sites for hydroxylation is 1. The molecular weight excluding hydrogens is 342 g/mol. The Kier molecular flexibility index (Phi) is 5.67. The minimum absolute atomic E-state index is 0.00107. The number of fused-ring (bicyclic) bond motifs is 1. The van der Waals surface area contributed by atoms with E-state index in [0.717, 1.165) is 17.6 Å². The Morgan fingerprint density at radius 3 is 2.81 bits per heavy atom. The van der Waals surface area contributed by atoms with Crippen molar-refractivity contribution >= 4 is 16.8 Å². The fraction of sp³-hybridized carbons (Fsp3) is 0.524. The quantitative estimate of drug-likeness (QED) is 0.839. The summed E-state index contributed by atoms with van der Waals surface area (Å²) in [6.07, 6.45) is 2.19. The first-order chi connectivity index (χ1) is 12.8. The van der Waals surface area contributed by atoms with Crippen LogP contribution in [0.15, 0.2) is 29.1 Å². The predicted molar refractivity (Wildman–Crippen MR) is 107 cm³/mol. The third-order valence-corrected chi connectivity index (χ3v) is 5.33. The number of likely N-dealkylation sites (N-methyl/N-ethyl adjacent to an activating group) is 1. The highest BCUT2D eigenvalue weighted by Crippen LogP contribution is 2.23. The van der Waals surface area contributed by atoms with Crippen molar-refractivity contribution in [1.29, 1.82) is 0 Å². The van der Waals surface area contributed by atoms with Gasteiger partial charge in [0.1, 0.15) is 0 Å². The molecule has 1 unspecified atom stereocenters. The molecule has 0 radical (unpaired) electrons. The van der Waals surface area contributed by atoms with E-state index in [1.54, 1.807) is 4.90 Å². The molecular formula is C21H29N3O3. The molecule has 2 heterocycles. The van der Waals surface area contributed by atoms with E-state index < -0.39 is 5.60 Å². The van der Waals surface area contributed by atoms with Crippen molar-refractivity contribution in [3.63, 3.8) is 0 Å². The number of amides is 1. The van der Waals surface area contributed by atoms with E-state index in [9.17, 15) is 14.7 Å². The molecule has 1 aliphatic heterocycles. The number of likely N-dealkylation sites (tertiary alicyclic amines) is 1. The predicted octanol–water partition coefficient (Wildman–Crippen LogP) is 1.68. The number of aliphatic hydroxyl groups is 1. The van der Waals surface area contributed by atoms with Gasteiger partial charge in [0.15, 0.2) is 5.43 Å². The Balaban J connectivity index is 1.71. The fourth-order valence-electron chi connectivity index (χ4n) is 4.13. The number of hydrogen-bond acceptors (Lipinski definition) is 4. The monoisotopic (exact) mass is 371 g/mol. The van der Waals surface area contributed by atoms with Crippen molar-refractivity contribution < 1.29 is 9.90 Å². The number of carbonyl (C=O) groups excluding carboxylic acids is 1. The highest BCUT2D eigenvalue weighted by atomic mass is 16.3. The molecule has 1 amide bonds. The van der Waals surface area contributed by atoms with Gasteiger partial charge in [-0.15, -0.1) is 0 Å². The molecule has 3 rings (SSSR count). The molecule has 1 fully saturated rings. The van der Waals surface area contributed by atoms with E-state index in [1.807, 2.05) is 50.2 Å². The Labute approximate surface area is 159 Å². The summed E-state index contributed by atoms with van der Waals surface area (Å²) in [6.45, 7) is 3.45. The van der Waals surface area contributed by atoms with Crippen LogP contribution in [0, 0.1) is 6.92 Å². The van der Waals surface area contributed by atoms with E-state index in [4.69, 9.17) is 0 Å². The normalized spacial score (nSPS) is 20.4. The first-order valence-electron chi connectivity index (χ1n) is 9.54. The number of aromatic nitrogens is 1. The van der Waals surface area contributed by atoms with Crippen LogP contribution in [0.1, 0.15) is 30.5 Å². The SMILES string of the molecule is Cc1[nH]c2ccccc2c(=O)c1CCC(=O)N1CCCC(O)(CN(C)C)C1. The van der Waals surface area contributed by atoms with Gasteiger partial charge in [-0.3, -0.25) is 9.59 Å². The molecule has 146 valence electrons. The van der Waals surface area contributed by atoms with E-state index in [-0.39, 0.29) is 17.8 Å². The Morgan fingerprint density at radius 1 is 1.33 bits per heavy atom. The van der Waals surface area contributed by atoms with Gasteiger partial charge in [0, 0.05) is 41.7 Å². The highest BCUT2D eigenvalue weighted by molar-refractivity contribution is 5.80. The third kappa shape index (κ3) is 4.39. The number of carbonyl (C=O) groups is 1. The van der Waals surface area contributed by atoms with Gasteiger partial charge in [0.25, 0.3) is 0 Å². The summed E-state index contributed by atoms with van der Waals surface area (Å²) in [5.41, 5.74) is 1.45. The molecule has 2 N–H and O–H groups in total. The Morgan fingerprint density at radius 2 is 2.07 bits per heavy atom. The molecule has 0 saturated carbocycles. The number of rotatable bonds is 5. The number of benzene rings is 1. The van der Waals surface area contributed by atoms with Crippen LogP contribution in [0.3, 0.4) is 0 Å². The van der Waals surface area contributed by atoms with E-state index in [2.05, 4.69) is 4.98 Å². The van der Waals surface area contributed by atoms with Crippen LogP contribution in [0.2, 0.25) is 0 Å². The van der Waals surface area contributed by atoms with Crippen LogP contribution < -0.4 is 5.43 Å². The summed E-state index contributed by atoms with van der Waals surface area (Å²) in [5.74, 6) is -0.00107.